The van der Waals surface area contributed by atoms with Crippen LogP contribution in [0.2, 0.25) is 0 Å². The summed E-state index contributed by atoms with van der Waals surface area (Å²) >= 11 is 0. The van der Waals surface area contributed by atoms with E-state index in [0.29, 0.717) is 0 Å². The van der Waals surface area contributed by atoms with Gasteiger partial charge in [0.1, 0.15) is 6.10 Å². The monoisotopic (exact) mass is 206 g/mol. The maximum Gasteiger partial charge on any atom is 0.107 e. The molecule has 1 aliphatic rings. The molecule has 3 nitrogen and oxygen atoms in total. The highest BCUT2D eigenvalue weighted by molar-refractivity contribution is 4.75. The molecule has 0 amide bonds. The summed E-state index contributed by atoms with van der Waals surface area (Å²) in [5.41, 5.74) is 0. The summed E-state index contributed by atoms with van der Waals surface area (Å²) in [5, 5.41) is 17.9. The normalized spacial score (nSPS) is 30.6. The van der Waals surface area contributed by atoms with Gasteiger partial charge in [0.05, 0.1) is 18.8 Å². The maximum absolute atomic E-state index is 9.20. The van der Waals surface area contributed by atoms with Crippen LogP contribution in [0.4, 0.5) is 0 Å². The Morgan fingerprint density at radius 1 is 1.14 bits per heavy atom. The first kappa shape index (κ1) is 16.3. The van der Waals surface area contributed by atoms with Crippen molar-refractivity contribution in [1.29, 1.82) is 0 Å². The summed E-state index contributed by atoms with van der Waals surface area (Å²) in [7, 11) is 0. The Bertz CT molecular complexity index is 107. The molecule has 0 bridgehead atoms. The van der Waals surface area contributed by atoms with Gasteiger partial charge >= 0.3 is 0 Å². The fraction of sp³-hybridized carbons (Fsp3) is 1.00. The van der Waals surface area contributed by atoms with Crippen LogP contribution in [0.15, 0.2) is 0 Å². The molecule has 1 rings (SSSR count). The smallest absolute Gasteiger partial charge is 0.107 e. The molecule has 0 radical (unpaired) electrons. The van der Waals surface area contributed by atoms with Crippen molar-refractivity contribution in [2.45, 2.75) is 65.8 Å². The average Bonchev–Trinajstić information content (AvgIpc) is 2.27. The second-order valence-corrected chi connectivity index (χ2v) is 2.81. The minimum absolute atomic E-state index is 0.0779. The van der Waals surface area contributed by atoms with Crippen LogP contribution in [-0.2, 0) is 4.74 Å². The lowest BCUT2D eigenvalue weighted by Gasteiger charge is -2.30. The Morgan fingerprint density at radius 3 is 2.00 bits per heavy atom. The molecular formula is C11H26O3. The zero-order valence-corrected chi connectivity index (χ0v) is 10.2. The van der Waals surface area contributed by atoms with E-state index in [1.54, 1.807) is 0 Å². The molecule has 0 aromatic carbocycles. The highest BCUT2D eigenvalue weighted by Gasteiger charge is 2.26. The molecule has 88 valence electrons. The molecule has 3 heteroatoms. The molecule has 3 unspecified atom stereocenters. The van der Waals surface area contributed by atoms with Gasteiger partial charge in [0.2, 0.25) is 0 Å². The van der Waals surface area contributed by atoms with E-state index in [4.69, 9.17) is 9.84 Å². The Hall–Kier alpha value is -0.120. The molecule has 0 saturated carbocycles. The molecule has 1 aliphatic heterocycles. The van der Waals surface area contributed by atoms with Crippen LogP contribution in [0.25, 0.3) is 0 Å². The van der Waals surface area contributed by atoms with Crippen molar-refractivity contribution in [1.82, 2.24) is 0 Å². The Morgan fingerprint density at radius 2 is 1.64 bits per heavy atom. The van der Waals surface area contributed by atoms with Crippen LogP contribution in [0.1, 0.15) is 47.5 Å². The van der Waals surface area contributed by atoms with Crippen LogP contribution in [0, 0.1) is 0 Å². The SMILES string of the molecule is CC.CC.CC1CCC(O)C(CO)O1. The largest absolute Gasteiger partial charge is 0.394 e. The van der Waals surface area contributed by atoms with Crippen LogP contribution < -0.4 is 0 Å². The number of ether oxygens (including phenoxy) is 1. The fourth-order valence-corrected chi connectivity index (χ4v) is 1.21. The van der Waals surface area contributed by atoms with Gasteiger partial charge in [0.25, 0.3) is 0 Å². The summed E-state index contributed by atoms with van der Waals surface area (Å²) in [5.74, 6) is 0. The number of hydrogen-bond donors (Lipinski definition) is 2. The first-order chi connectivity index (χ1) is 6.74. The number of aliphatic hydroxyl groups is 2. The molecule has 2 N–H and O–H groups in total. The van der Waals surface area contributed by atoms with Gasteiger partial charge in [-0.15, -0.1) is 0 Å². The molecule has 1 fully saturated rings. The molecule has 3 atom stereocenters. The van der Waals surface area contributed by atoms with E-state index < -0.39 is 6.10 Å². The van der Waals surface area contributed by atoms with Crippen LogP contribution in [0.5, 0.6) is 0 Å². The Labute approximate surface area is 88.1 Å². The Balaban J connectivity index is 0. The third kappa shape index (κ3) is 6.35. The lowest BCUT2D eigenvalue weighted by molar-refractivity contribution is -0.127. The standard InChI is InChI=1S/C7H14O3.2C2H6/c1-5-2-3-6(9)7(4-8)10-5;2*1-2/h5-9H,2-4H2,1H3;2*1-2H3. The lowest BCUT2D eigenvalue weighted by Crippen LogP contribution is -2.39. The van der Waals surface area contributed by atoms with E-state index in [0.717, 1.165) is 12.8 Å². The van der Waals surface area contributed by atoms with E-state index >= 15 is 0 Å². The second-order valence-electron chi connectivity index (χ2n) is 2.81. The number of rotatable bonds is 1. The molecule has 0 aliphatic carbocycles. The summed E-state index contributed by atoms with van der Waals surface area (Å²) in [4.78, 5) is 0. The van der Waals surface area contributed by atoms with E-state index in [1.165, 1.54) is 0 Å². The van der Waals surface area contributed by atoms with Crippen LogP contribution in [0.3, 0.4) is 0 Å². The topological polar surface area (TPSA) is 49.7 Å². The highest BCUT2D eigenvalue weighted by atomic mass is 16.5. The highest BCUT2D eigenvalue weighted by Crippen LogP contribution is 2.18. The van der Waals surface area contributed by atoms with E-state index in [2.05, 4.69) is 0 Å². The van der Waals surface area contributed by atoms with Gasteiger partial charge in [-0.1, -0.05) is 27.7 Å². The average molecular weight is 206 g/mol. The molecule has 1 heterocycles. The fourth-order valence-electron chi connectivity index (χ4n) is 1.21. The van der Waals surface area contributed by atoms with Gasteiger partial charge in [0, 0.05) is 0 Å². The minimum atomic E-state index is -0.471. The third-order valence-electron chi connectivity index (χ3n) is 1.89. The molecule has 0 aromatic heterocycles. The molecule has 0 spiro atoms. The van der Waals surface area contributed by atoms with Gasteiger partial charge in [-0.3, -0.25) is 0 Å². The molecule has 0 aromatic rings. The van der Waals surface area contributed by atoms with Gasteiger partial charge in [-0.05, 0) is 19.8 Å². The second kappa shape index (κ2) is 11.0. The van der Waals surface area contributed by atoms with Gasteiger partial charge in [0.15, 0.2) is 0 Å². The van der Waals surface area contributed by atoms with Gasteiger partial charge < -0.3 is 14.9 Å². The van der Waals surface area contributed by atoms with Crippen molar-refractivity contribution in [2.24, 2.45) is 0 Å². The molecular weight excluding hydrogens is 180 g/mol. The minimum Gasteiger partial charge on any atom is -0.394 e. The first-order valence-electron chi connectivity index (χ1n) is 5.68. The predicted molar refractivity (Wildman–Crippen MR) is 59.4 cm³/mol. The lowest BCUT2D eigenvalue weighted by atomic mass is 10.0. The van der Waals surface area contributed by atoms with Crippen molar-refractivity contribution in [3.63, 3.8) is 0 Å². The number of aliphatic hydroxyl groups excluding tert-OH is 2. The summed E-state index contributed by atoms with van der Waals surface area (Å²) < 4.78 is 5.25. The van der Waals surface area contributed by atoms with E-state index in [9.17, 15) is 5.11 Å². The molecule has 14 heavy (non-hydrogen) atoms. The van der Waals surface area contributed by atoms with Crippen LogP contribution in [-0.4, -0.2) is 35.1 Å². The van der Waals surface area contributed by atoms with Crippen molar-refractivity contribution < 1.29 is 14.9 Å². The van der Waals surface area contributed by atoms with Gasteiger partial charge in [-0.2, -0.15) is 0 Å². The quantitative estimate of drug-likeness (QED) is 0.689. The van der Waals surface area contributed by atoms with Crippen molar-refractivity contribution in [2.75, 3.05) is 6.61 Å². The summed E-state index contributed by atoms with van der Waals surface area (Å²) in [6.07, 6.45) is 0.981. The Kier molecular flexibility index (Phi) is 12.8. The number of hydrogen-bond acceptors (Lipinski definition) is 3. The summed E-state index contributed by atoms with van der Waals surface area (Å²) in [6.45, 7) is 9.88. The zero-order chi connectivity index (χ0) is 11.6. The third-order valence-corrected chi connectivity index (χ3v) is 1.89. The van der Waals surface area contributed by atoms with Crippen molar-refractivity contribution in [3.8, 4) is 0 Å². The maximum atomic E-state index is 9.20. The van der Waals surface area contributed by atoms with E-state index in [1.807, 2.05) is 34.6 Å². The van der Waals surface area contributed by atoms with Crippen molar-refractivity contribution >= 4 is 0 Å². The molecule has 1 saturated heterocycles. The van der Waals surface area contributed by atoms with Gasteiger partial charge in [-0.25, -0.2) is 0 Å². The zero-order valence-electron chi connectivity index (χ0n) is 10.2. The van der Waals surface area contributed by atoms with Crippen LogP contribution >= 0.6 is 0 Å². The van der Waals surface area contributed by atoms with E-state index in [-0.39, 0.29) is 18.8 Å². The van der Waals surface area contributed by atoms with Crippen molar-refractivity contribution in [3.05, 3.63) is 0 Å². The summed E-state index contributed by atoms with van der Waals surface area (Å²) in [6, 6.07) is 0. The first-order valence-corrected chi connectivity index (χ1v) is 5.68. The predicted octanol–water partition coefficient (Wildman–Crippen LogP) is 1.96.